The van der Waals surface area contributed by atoms with Gasteiger partial charge in [0, 0.05) is 5.56 Å². The summed E-state index contributed by atoms with van der Waals surface area (Å²) in [7, 11) is 0. The van der Waals surface area contributed by atoms with Gasteiger partial charge in [0.05, 0.1) is 5.75 Å². The lowest BCUT2D eigenvalue weighted by molar-refractivity contribution is 0.102. The molecular weight excluding hydrogens is 204 g/mol. The Balaban J connectivity index is 2.57. The molecule has 0 amide bonds. The molecule has 0 aromatic heterocycles. The maximum Gasteiger partial charge on any atom is 0.172 e. The number of carbonyl (C=O) groups excluding carboxylic acids is 1. The van der Waals surface area contributed by atoms with Crippen LogP contribution in [0.1, 0.15) is 15.9 Å². The first-order chi connectivity index (χ1) is 7.20. The Bertz CT molecular complexity index is 517. The van der Waals surface area contributed by atoms with Crippen LogP contribution in [0.3, 0.4) is 0 Å². The summed E-state index contributed by atoms with van der Waals surface area (Å²) in [5.41, 5.74) is 1.97. The molecule has 0 radical (unpaired) electrons. The summed E-state index contributed by atoms with van der Waals surface area (Å²) >= 11 is 3.99. The monoisotopic (exact) mass is 216 g/mol. The number of hydrogen-bond acceptors (Lipinski definition) is 2. The Hall–Kier alpha value is -1.28. The third-order valence-electron chi connectivity index (χ3n) is 2.46. The summed E-state index contributed by atoms with van der Waals surface area (Å²) < 4.78 is 0. The quantitative estimate of drug-likeness (QED) is 0.602. The number of aryl methyl sites for hydroxylation is 1. The van der Waals surface area contributed by atoms with Crippen molar-refractivity contribution in [2.24, 2.45) is 0 Å². The van der Waals surface area contributed by atoms with Gasteiger partial charge < -0.3 is 0 Å². The van der Waals surface area contributed by atoms with Gasteiger partial charge in [-0.25, -0.2) is 0 Å². The van der Waals surface area contributed by atoms with Crippen molar-refractivity contribution >= 4 is 29.2 Å². The minimum Gasteiger partial charge on any atom is -0.293 e. The summed E-state index contributed by atoms with van der Waals surface area (Å²) in [6.45, 7) is 2.06. The van der Waals surface area contributed by atoms with Gasteiger partial charge in [-0.15, -0.1) is 0 Å². The second-order valence-corrected chi connectivity index (χ2v) is 3.96. The molecule has 2 heteroatoms. The molecule has 1 nitrogen and oxygen atoms in total. The predicted molar refractivity (Wildman–Crippen MR) is 66.9 cm³/mol. The van der Waals surface area contributed by atoms with Crippen LogP contribution in [-0.2, 0) is 0 Å². The Morgan fingerprint density at radius 1 is 1.13 bits per heavy atom. The average molecular weight is 216 g/mol. The van der Waals surface area contributed by atoms with Crippen molar-refractivity contribution in [3.05, 3.63) is 47.5 Å². The largest absolute Gasteiger partial charge is 0.293 e. The van der Waals surface area contributed by atoms with Crippen molar-refractivity contribution in [2.45, 2.75) is 6.92 Å². The van der Waals surface area contributed by atoms with Crippen LogP contribution in [-0.4, -0.2) is 11.5 Å². The van der Waals surface area contributed by atoms with Crippen molar-refractivity contribution in [1.82, 2.24) is 0 Å². The maximum absolute atomic E-state index is 11.4. The molecule has 0 heterocycles. The fourth-order valence-electron chi connectivity index (χ4n) is 1.63. The predicted octanol–water partition coefficient (Wildman–Crippen LogP) is 3.26. The number of Topliss-reactive ketones (excluding diaryl/α,β-unsaturated/α-hetero) is 1. The van der Waals surface area contributed by atoms with E-state index in [0.29, 0.717) is 0 Å². The number of hydrogen-bond donors (Lipinski definition) is 1. The number of rotatable bonds is 2. The Morgan fingerprint density at radius 2 is 1.80 bits per heavy atom. The average Bonchev–Trinajstić information content (AvgIpc) is 2.27. The Labute approximate surface area is 94.5 Å². The molecule has 76 valence electrons. The maximum atomic E-state index is 11.4. The molecule has 0 aliphatic carbocycles. The number of benzene rings is 2. The fourth-order valence-corrected chi connectivity index (χ4v) is 1.81. The fraction of sp³-hybridized carbons (Fsp3) is 0.154. The number of fused-ring (bicyclic) bond motifs is 1. The lowest BCUT2D eigenvalue weighted by atomic mass is 10.0. The van der Waals surface area contributed by atoms with E-state index in [9.17, 15) is 4.79 Å². The van der Waals surface area contributed by atoms with E-state index in [0.717, 1.165) is 10.9 Å². The van der Waals surface area contributed by atoms with Gasteiger partial charge in [-0.1, -0.05) is 35.9 Å². The third kappa shape index (κ3) is 2.05. The van der Waals surface area contributed by atoms with Crippen LogP contribution in [0.25, 0.3) is 10.8 Å². The Morgan fingerprint density at radius 3 is 2.53 bits per heavy atom. The zero-order valence-electron chi connectivity index (χ0n) is 8.53. The van der Waals surface area contributed by atoms with Crippen molar-refractivity contribution in [2.75, 3.05) is 5.75 Å². The first-order valence-corrected chi connectivity index (χ1v) is 5.48. The molecule has 0 aliphatic heterocycles. The van der Waals surface area contributed by atoms with Gasteiger partial charge in [0.1, 0.15) is 0 Å². The highest BCUT2D eigenvalue weighted by molar-refractivity contribution is 7.81. The Kier molecular flexibility index (Phi) is 2.78. The van der Waals surface area contributed by atoms with Crippen LogP contribution in [0, 0.1) is 6.92 Å². The van der Waals surface area contributed by atoms with Crippen molar-refractivity contribution in [1.29, 1.82) is 0 Å². The molecule has 0 aliphatic rings. The molecule has 0 saturated heterocycles. The summed E-state index contributed by atoms with van der Waals surface area (Å²) in [5.74, 6) is 0.331. The standard InChI is InChI=1S/C13H12OS/c1-9-2-3-11-7-12(13(14)8-15)5-4-10(11)6-9/h2-7,15H,8H2,1H3. The molecule has 15 heavy (non-hydrogen) atoms. The summed E-state index contributed by atoms with van der Waals surface area (Å²) in [6, 6.07) is 12.0. The molecule has 0 spiro atoms. The molecular formula is C13H12OS. The van der Waals surface area contributed by atoms with Crippen LogP contribution in [0.2, 0.25) is 0 Å². The molecule has 0 saturated carbocycles. The van der Waals surface area contributed by atoms with E-state index in [-0.39, 0.29) is 11.5 Å². The summed E-state index contributed by atoms with van der Waals surface area (Å²) in [4.78, 5) is 11.4. The van der Waals surface area contributed by atoms with Crippen LogP contribution in [0.15, 0.2) is 36.4 Å². The van der Waals surface area contributed by atoms with Crippen molar-refractivity contribution in [3.8, 4) is 0 Å². The van der Waals surface area contributed by atoms with Crippen molar-refractivity contribution < 1.29 is 4.79 Å². The molecule has 0 bridgehead atoms. The molecule has 0 atom stereocenters. The van der Waals surface area contributed by atoms with Gasteiger partial charge in [0.15, 0.2) is 5.78 Å². The van der Waals surface area contributed by atoms with Gasteiger partial charge in [0.2, 0.25) is 0 Å². The smallest absolute Gasteiger partial charge is 0.172 e. The number of ketones is 1. The minimum absolute atomic E-state index is 0.0702. The molecule has 0 N–H and O–H groups in total. The van der Waals surface area contributed by atoms with E-state index in [4.69, 9.17) is 0 Å². The highest BCUT2D eigenvalue weighted by Gasteiger charge is 2.03. The second-order valence-electron chi connectivity index (χ2n) is 3.65. The van der Waals surface area contributed by atoms with Crippen LogP contribution in [0.4, 0.5) is 0 Å². The van der Waals surface area contributed by atoms with E-state index < -0.39 is 0 Å². The molecule has 2 aromatic rings. The second kappa shape index (κ2) is 4.07. The van der Waals surface area contributed by atoms with Crippen LogP contribution >= 0.6 is 12.6 Å². The van der Waals surface area contributed by atoms with Crippen LogP contribution < -0.4 is 0 Å². The number of thiol groups is 1. The summed E-state index contributed by atoms with van der Waals surface area (Å²) in [6.07, 6.45) is 0. The highest BCUT2D eigenvalue weighted by Crippen LogP contribution is 2.18. The van der Waals surface area contributed by atoms with Crippen molar-refractivity contribution in [3.63, 3.8) is 0 Å². The van der Waals surface area contributed by atoms with Gasteiger partial charge in [-0.05, 0) is 23.8 Å². The minimum atomic E-state index is 0.0702. The zero-order valence-corrected chi connectivity index (χ0v) is 9.42. The van der Waals surface area contributed by atoms with E-state index in [1.54, 1.807) is 0 Å². The molecule has 2 aromatic carbocycles. The van der Waals surface area contributed by atoms with Gasteiger partial charge in [-0.3, -0.25) is 4.79 Å². The first-order valence-electron chi connectivity index (χ1n) is 4.85. The lowest BCUT2D eigenvalue weighted by Gasteiger charge is -2.02. The lowest BCUT2D eigenvalue weighted by Crippen LogP contribution is -1.99. The van der Waals surface area contributed by atoms with E-state index in [1.807, 2.05) is 24.3 Å². The van der Waals surface area contributed by atoms with E-state index in [1.165, 1.54) is 10.9 Å². The molecule has 2 rings (SSSR count). The zero-order chi connectivity index (χ0) is 10.8. The highest BCUT2D eigenvalue weighted by atomic mass is 32.1. The number of carbonyl (C=O) groups is 1. The van der Waals surface area contributed by atoms with Gasteiger partial charge >= 0.3 is 0 Å². The summed E-state index contributed by atoms with van der Waals surface area (Å²) in [5, 5.41) is 2.28. The van der Waals surface area contributed by atoms with Gasteiger partial charge in [0.25, 0.3) is 0 Å². The SMILES string of the molecule is Cc1ccc2cc(C(=O)CS)ccc2c1. The first kappa shape index (κ1) is 10.2. The van der Waals surface area contributed by atoms with Crippen LogP contribution in [0.5, 0.6) is 0 Å². The topological polar surface area (TPSA) is 17.1 Å². The van der Waals surface area contributed by atoms with E-state index in [2.05, 4.69) is 31.7 Å². The third-order valence-corrected chi connectivity index (χ3v) is 2.75. The molecule has 0 unspecified atom stereocenters. The molecule has 0 fully saturated rings. The normalized spacial score (nSPS) is 10.5. The van der Waals surface area contributed by atoms with E-state index >= 15 is 0 Å². The van der Waals surface area contributed by atoms with Gasteiger partial charge in [-0.2, -0.15) is 12.6 Å².